The van der Waals surface area contributed by atoms with E-state index in [1.807, 2.05) is 12.1 Å². The molecule has 1 N–H and O–H groups in total. The molecule has 1 fully saturated rings. The maximum absolute atomic E-state index is 11.6. The number of rotatable bonds is 9. The van der Waals surface area contributed by atoms with E-state index in [-0.39, 0.29) is 16.9 Å². The Balaban J connectivity index is 1.44. The first-order valence-electron chi connectivity index (χ1n) is 10.4. The summed E-state index contributed by atoms with van der Waals surface area (Å²) in [4.78, 5) is 16.7. The Morgan fingerprint density at radius 3 is 2.59 bits per heavy atom. The van der Waals surface area contributed by atoms with Gasteiger partial charge in [-0.3, -0.25) is 4.79 Å². The van der Waals surface area contributed by atoms with Crippen molar-refractivity contribution < 1.29 is 19.2 Å². The van der Waals surface area contributed by atoms with Crippen molar-refractivity contribution in [1.29, 1.82) is 0 Å². The highest BCUT2D eigenvalue weighted by Crippen LogP contribution is 2.21. The number of ketones is 1. The molecule has 0 unspecified atom stereocenters. The number of hydrogen-bond acceptors (Lipinski definition) is 7. The van der Waals surface area contributed by atoms with Crippen LogP contribution in [-0.4, -0.2) is 66.7 Å². The molecule has 0 spiro atoms. The lowest BCUT2D eigenvalue weighted by Crippen LogP contribution is -2.46. The Bertz CT molecular complexity index is 885. The minimum atomic E-state index is -0.212. The number of benzene rings is 1. The van der Waals surface area contributed by atoms with E-state index in [1.165, 1.54) is 46.1 Å². The second-order valence-corrected chi connectivity index (χ2v) is 7.51. The first-order chi connectivity index (χ1) is 14.1. The fourth-order valence-corrected chi connectivity index (χ4v) is 3.65. The fourth-order valence-electron chi connectivity index (χ4n) is 3.65. The van der Waals surface area contributed by atoms with Crippen LogP contribution in [0.15, 0.2) is 33.8 Å². The summed E-state index contributed by atoms with van der Waals surface area (Å²) < 4.78 is 11.4. The smallest absolute Gasteiger partial charge is 0.266 e. The Morgan fingerprint density at radius 1 is 1.14 bits per heavy atom. The van der Waals surface area contributed by atoms with Gasteiger partial charge in [-0.15, -0.1) is 0 Å². The highest BCUT2D eigenvalue weighted by atomic mass is 16.5. The Labute approximate surface area is 171 Å². The van der Waals surface area contributed by atoms with Crippen molar-refractivity contribution in [3.8, 4) is 5.75 Å². The first kappa shape index (κ1) is 21.3. The molecule has 1 aromatic heterocycles. The van der Waals surface area contributed by atoms with Crippen LogP contribution in [0.2, 0.25) is 0 Å². The van der Waals surface area contributed by atoms with E-state index in [0.717, 1.165) is 24.8 Å². The van der Waals surface area contributed by atoms with Crippen LogP contribution in [0.5, 0.6) is 5.75 Å². The number of carbonyl (C=O) groups is 1. The molecular weight excluding hydrogens is 370 g/mol. The molecule has 0 radical (unpaired) electrons. The number of hydrogen-bond donors (Lipinski definition) is 1. The molecule has 7 nitrogen and oxygen atoms in total. The highest BCUT2D eigenvalue weighted by molar-refractivity contribution is 5.96. The van der Waals surface area contributed by atoms with Gasteiger partial charge in [0.2, 0.25) is 0 Å². The second kappa shape index (κ2) is 10.4. The van der Waals surface area contributed by atoms with Gasteiger partial charge < -0.3 is 24.2 Å². The Hall–Kier alpha value is -2.38. The van der Waals surface area contributed by atoms with Crippen molar-refractivity contribution in [3.63, 3.8) is 0 Å². The summed E-state index contributed by atoms with van der Waals surface area (Å²) in [5.74, 6) is 0.493. The molecule has 0 aliphatic carbocycles. The molecular formula is C22H31N3O4. The lowest BCUT2D eigenvalue weighted by atomic mass is 10.1. The van der Waals surface area contributed by atoms with Gasteiger partial charge in [-0.05, 0) is 62.6 Å². The van der Waals surface area contributed by atoms with Crippen LogP contribution in [0.3, 0.4) is 0 Å². The Kier molecular flexibility index (Phi) is 7.66. The highest BCUT2D eigenvalue weighted by Gasteiger charge is 2.14. The summed E-state index contributed by atoms with van der Waals surface area (Å²) in [7, 11) is 0. The van der Waals surface area contributed by atoms with Crippen LogP contribution >= 0.6 is 0 Å². The van der Waals surface area contributed by atoms with Gasteiger partial charge in [0.05, 0.1) is 12.2 Å². The number of Topliss-reactive ketones (excluding diaryl/α,β-unsaturated/α-hetero) is 1. The Morgan fingerprint density at radius 2 is 1.90 bits per heavy atom. The van der Waals surface area contributed by atoms with Crippen LogP contribution < -0.4 is 10.3 Å². The van der Waals surface area contributed by atoms with Crippen molar-refractivity contribution in [2.45, 2.75) is 33.1 Å². The number of carbonyl (C=O) groups excluding carboxylic acids is 1. The molecule has 2 heterocycles. The second-order valence-electron chi connectivity index (χ2n) is 7.51. The van der Waals surface area contributed by atoms with Gasteiger partial charge in [0.15, 0.2) is 5.78 Å². The average Bonchev–Trinajstić information content (AvgIpc) is 2.75. The number of unbranched alkanes of at least 4 members (excludes halogenated alkanes) is 2. The lowest BCUT2D eigenvalue weighted by Gasteiger charge is -2.33. The monoisotopic (exact) mass is 401 g/mol. The summed E-state index contributed by atoms with van der Waals surface area (Å²) >= 11 is 0. The number of fused-ring (bicyclic) bond motifs is 1. The van der Waals surface area contributed by atoms with Crippen LogP contribution in [0.25, 0.3) is 11.0 Å². The van der Waals surface area contributed by atoms with Crippen LogP contribution in [0, 0.1) is 0 Å². The van der Waals surface area contributed by atoms with E-state index in [2.05, 4.69) is 21.9 Å². The minimum Gasteiger partial charge on any atom is -0.493 e. The van der Waals surface area contributed by atoms with Gasteiger partial charge in [-0.25, -0.2) is 0 Å². The molecule has 29 heavy (non-hydrogen) atoms. The third-order valence-corrected chi connectivity index (χ3v) is 5.49. The summed E-state index contributed by atoms with van der Waals surface area (Å²) in [6.45, 7) is 11.3. The molecule has 158 valence electrons. The molecule has 0 amide bonds. The molecule has 3 rings (SSSR count). The van der Waals surface area contributed by atoms with E-state index in [0.29, 0.717) is 17.9 Å². The van der Waals surface area contributed by atoms with Gasteiger partial charge in [0, 0.05) is 37.6 Å². The number of piperazine rings is 1. The predicted octanol–water partition coefficient (Wildman–Crippen LogP) is 3.11. The zero-order valence-electron chi connectivity index (χ0n) is 17.4. The molecule has 1 aliphatic rings. The van der Waals surface area contributed by atoms with Crippen molar-refractivity contribution in [3.05, 3.63) is 35.4 Å². The zero-order valence-corrected chi connectivity index (χ0v) is 17.4. The van der Waals surface area contributed by atoms with Crippen LogP contribution in [0.4, 0.5) is 0 Å². The first-order valence-corrected chi connectivity index (χ1v) is 10.4. The zero-order chi connectivity index (χ0) is 20.6. The molecule has 2 aromatic rings. The van der Waals surface area contributed by atoms with E-state index in [4.69, 9.17) is 14.4 Å². The van der Waals surface area contributed by atoms with E-state index < -0.39 is 0 Å². The maximum Gasteiger partial charge on any atom is 0.266 e. The predicted molar refractivity (Wildman–Crippen MR) is 111 cm³/mol. The molecule has 0 atom stereocenters. The molecule has 0 bridgehead atoms. The van der Waals surface area contributed by atoms with E-state index in [9.17, 15) is 4.79 Å². The lowest BCUT2D eigenvalue weighted by molar-refractivity contribution is 0.101. The van der Waals surface area contributed by atoms with Crippen molar-refractivity contribution in [2.75, 3.05) is 45.9 Å². The van der Waals surface area contributed by atoms with Crippen LogP contribution in [0.1, 0.15) is 43.5 Å². The standard InChI is InChI=1S/C22H31N3O4/c1-3-24-10-12-25(13-11-24)9-5-4-6-14-28-19-8-7-18-15-20(17(2)26)22(23-27)29-21(18)16-19/h7-8,15-16,27H,3-6,9-14H2,1-2H3. The van der Waals surface area contributed by atoms with Crippen molar-refractivity contribution in [1.82, 2.24) is 9.80 Å². The molecule has 0 saturated carbocycles. The number of likely N-dealkylation sites (N-methyl/N-ethyl adjacent to an activating group) is 1. The topological polar surface area (TPSA) is 78.5 Å². The largest absolute Gasteiger partial charge is 0.493 e. The quantitative estimate of drug-likeness (QED) is 0.301. The van der Waals surface area contributed by atoms with Gasteiger partial charge in [0.1, 0.15) is 11.3 Å². The fraction of sp³-hybridized carbons (Fsp3) is 0.545. The SMILES string of the molecule is CCN1CCN(CCCCCOc2ccc3cc(C(C)=O)c(=NO)oc3c2)CC1. The third-order valence-electron chi connectivity index (χ3n) is 5.49. The van der Waals surface area contributed by atoms with E-state index >= 15 is 0 Å². The van der Waals surface area contributed by atoms with Crippen LogP contribution in [-0.2, 0) is 0 Å². The number of nitrogens with zero attached hydrogens (tertiary/aromatic N) is 3. The summed E-state index contributed by atoms with van der Waals surface area (Å²) in [6, 6.07) is 7.14. The molecule has 7 heteroatoms. The van der Waals surface area contributed by atoms with Gasteiger partial charge >= 0.3 is 0 Å². The summed E-state index contributed by atoms with van der Waals surface area (Å²) in [6.07, 6.45) is 3.34. The van der Waals surface area contributed by atoms with Crippen molar-refractivity contribution in [2.24, 2.45) is 5.16 Å². The summed E-state index contributed by atoms with van der Waals surface area (Å²) in [5.41, 5.74) is 0.693. The van der Waals surface area contributed by atoms with Crippen molar-refractivity contribution >= 4 is 16.8 Å². The normalized spacial score (nSPS) is 16.4. The third kappa shape index (κ3) is 5.81. The maximum atomic E-state index is 11.6. The van der Waals surface area contributed by atoms with Gasteiger partial charge in [0.25, 0.3) is 5.55 Å². The summed E-state index contributed by atoms with van der Waals surface area (Å²) in [5, 5.41) is 12.9. The number of ether oxygens (including phenoxy) is 1. The molecule has 1 aliphatic heterocycles. The molecule has 1 saturated heterocycles. The minimum absolute atomic E-state index is 0.0816. The van der Waals surface area contributed by atoms with Gasteiger partial charge in [-0.1, -0.05) is 6.92 Å². The average molecular weight is 402 g/mol. The van der Waals surface area contributed by atoms with E-state index in [1.54, 1.807) is 12.1 Å². The molecule has 1 aromatic carbocycles. The van der Waals surface area contributed by atoms with Gasteiger partial charge in [-0.2, -0.15) is 0 Å².